The van der Waals surface area contributed by atoms with Crippen molar-refractivity contribution in [2.24, 2.45) is 0 Å². The van der Waals surface area contributed by atoms with Crippen molar-refractivity contribution in [2.75, 3.05) is 38.5 Å². The highest BCUT2D eigenvalue weighted by Gasteiger charge is 2.41. The smallest absolute Gasteiger partial charge is 0.420 e. The van der Waals surface area contributed by atoms with Gasteiger partial charge in [0.2, 0.25) is 0 Å². The number of nitrogens with zero attached hydrogens (tertiary/aromatic N) is 4. The molecule has 0 saturated carbocycles. The van der Waals surface area contributed by atoms with Gasteiger partial charge >= 0.3 is 12.1 Å². The van der Waals surface area contributed by atoms with Crippen molar-refractivity contribution in [3.63, 3.8) is 0 Å². The number of likely N-dealkylation sites (N-methyl/N-ethyl adjacent to an activating group) is 1. The zero-order valence-corrected chi connectivity index (χ0v) is 20.8. The summed E-state index contributed by atoms with van der Waals surface area (Å²) < 4.78 is 42.8. The van der Waals surface area contributed by atoms with Gasteiger partial charge in [-0.05, 0) is 37.4 Å². The number of carbonyl (C=O) groups is 1. The van der Waals surface area contributed by atoms with E-state index >= 15 is 0 Å². The Morgan fingerprint density at radius 3 is 2.64 bits per heavy atom. The van der Waals surface area contributed by atoms with E-state index in [1.54, 1.807) is 28.7 Å². The molecule has 0 spiro atoms. The number of thiophene rings is 2. The highest BCUT2D eigenvalue weighted by molar-refractivity contribution is 7.26. The van der Waals surface area contributed by atoms with E-state index in [9.17, 15) is 18.0 Å². The van der Waals surface area contributed by atoms with Crippen molar-refractivity contribution >= 4 is 50.4 Å². The zero-order chi connectivity index (χ0) is 25.3. The van der Waals surface area contributed by atoms with Crippen LogP contribution in [0.15, 0.2) is 48.8 Å². The van der Waals surface area contributed by atoms with Gasteiger partial charge in [0.25, 0.3) is 0 Å². The van der Waals surface area contributed by atoms with Gasteiger partial charge in [-0.3, -0.25) is 4.90 Å². The fourth-order valence-electron chi connectivity index (χ4n) is 3.83. The number of piperazine rings is 1. The number of rotatable bonds is 6. The lowest BCUT2D eigenvalue weighted by Gasteiger charge is -2.31. The number of nitrogens with one attached hydrogen (secondary N) is 1. The van der Waals surface area contributed by atoms with Gasteiger partial charge in [0.1, 0.15) is 12.1 Å². The maximum absolute atomic E-state index is 12.5. The first-order valence-corrected chi connectivity index (χ1v) is 12.8. The predicted octanol–water partition coefficient (Wildman–Crippen LogP) is 5.38. The van der Waals surface area contributed by atoms with Crippen molar-refractivity contribution in [3.8, 4) is 15.5 Å². The number of hydrogen-bond acceptors (Lipinski definition) is 9. The Balaban J connectivity index is 1.33. The average molecular weight is 534 g/mol. The first-order valence-electron chi connectivity index (χ1n) is 11.2. The van der Waals surface area contributed by atoms with E-state index in [0.29, 0.717) is 11.5 Å². The van der Waals surface area contributed by atoms with Crippen LogP contribution in [0.4, 0.5) is 24.7 Å². The summed E-state index contributed by atoms with van der Waals surface area (Å²) >= 11 is 3.30. The summed E-state index contributed by atoms with van der Waals surface area (Å²) in [7, 11) is 2.15. The second-order valence-electron chi connectivity index (χ2n) is 8.43. The number of alkyl halides is 3. The van der Waals surface area contributed by atoms with E-state index in [4.69, 9.17) is 0 Å². The summed E-state index contributed by atoms with van der Waals surface area (Å²) in [6, 6.07) is 12.0. The maximum Gasteiger partial charge on any atom is 0.491 e. The van der Waals surface area contributed by atoms with Crippen molar-refractivity contribution in [1.29, 1.82) is 0 Å². The predicted molar refractivity (Wildman–Crippen MR) is 135 cm³/mol. The van der Waals surface area contributed by atoms with Crippen LogP contribution >= 0.6 is 22.7 Å². The SMILES string of the molecule is CN1CCN(Cc2ccc(-c3cc4ncnc(Nc5cccc(OC(=O)C(F)(F)F)c5)c4s3)s2)CC1. The molecule has 0 radical (unpaired) electrons. The van der Waals surface area contributed by atoms with Crippen LogP contribution in [-0.4, -0.2) is 65.1 Å². The van der Waals surface area contributed by atoms with E-state index in [1.165, 1.54) is 29.4 Å². The largest absolute Gasteiger partial charge is 0.491 e. The standard InChI is InChI=1S/C24H22F3N5O2S2/c1-31-7-9-32(10-8-31)13-17-5-6-19(35-17)20-12-18-21(36-20)22(29-14-28-18)30-15-3-2-4-16(11-15)34-23(33)24(25,26)27/h2-6,11-12,14H,7-10,13H2,1H3,(H,28,29,30). The van der Waals surface area contributed by atoms with Gasteiger partial charge in [0, 0.05) is 59.1 Å². The number of carbonyl (C=O) groups excluding carboxylic acids is 1. The Labute approximate surface area is 213 Å². The molecule has 188 valence electrons. The number of halogens is 3. The fourth-order valence-corrected chi connectivity index (χ4v) is 6.01. The Morgan fingerprint density at radius 2 is 1.86 bits per heavy atom. The molecule has 1 fully saturated rings. The molecule has 1 aliphatic rings. The molecule has 0 atom stereocenters. The highest BCUT2D eigenvalue weighted by Crippen LogP contribution is 2.39. The van der Waals surface area contributed by atoms with Gasteiger partial charge in [-0.2, -0.15) is 13.2 Å². The first kappa shape index (κ1) is 24.6. The molecule has 0 bridgehead atoms. The van der Waals surface area contributed by atoms with E-state index < -0.39 is 12.1 Å². The third kappa shape index (κ3) is 5.67. The highest BCUT2D eigenvalue weighted by atomic mass is 32.1. The maximum atomic E-state index is 12.5. The monoisotopic (exact) mass is 533 g/mol. The number of aromatic nitrogens is 2. The van der Waals surface area contributed by atoms with Gasteiger partial charge in [-0.1, -0.05) is 6.07 Å². The lowest BCUT2D eigenvalue weighted by atomic mass is 10.3. The van der Waals surface area contributed by atoms with Gasteiger partial charge in [-0.15, -0.1) is 22.7 Å². The van der Waals surface area contributed by atoms with Crippen LogP contribution in [0.25, 0.3) is 20.0 Å². The van der Waals surface area contributed by atoms with Crippen LogP contribution in [0, 0.1) is 0 Å². The molecule has 0 aliphatic carbocycles. The number of anilines is 2. The summed E-state index contributed by atoms with van der Waals surface area (Å²) in [6.45, 7) is 5.22. The molecule has 1 N–H and O–H groups in total. The summed E-state index contributed by atoms with van der Waals surface area (Å²) in [5.41, 5.74) is 1.20. The van der Waals surface area contributed by atoms with Crippen LogP contribution in [0.1, 0.15) is 4.88 Å². The number of esters is 1. The Hall–Kier alpha value is -3.06. The van der Waals surface area contributed by atoms with Crippen molar-refractivity contribution in [1.82, 2.24) is 19.8 Å². The summed E-state index contributed by atoms with van der Waals surface area (Å²) in [6.07, 6.45) is -3.64. The number of ether oxygens (including phenoxy) is 1. The summed E-state index contributed by atoms with van der Waals surface area (Å²) in [5, 5.41) is 3.11. The number of benzene rings is 1. The molecule has 1 aromatic carbocycles. The lowest BCUT2D eigenvalue weighted by Crippen LogP contribution is -2.43. The number of fused-ring (bicyclic) bond motifs is 1. The third-order valence-corrected chi connectivity index (χ3v) is 8.13. The molecule has 7 nitrogen and oxygen atoms in total. The minimum atomic E-state index is -5.07. The second-order valence-corrected chi connectivity index (χ2v) is 10.7. The Kier molecular flexibility index (Phi) is 6.93. The molecule has 0 amide bonds. The fraction of sp³-hybridized carbons (Fsp3) is 0.292. The molecule has 1 aliphatic heterocycles. The summed E-state index contributed by atoms with van der Waals surface area (Å²) in [4.78, 5) is 28.2. The number of hydrogen-bond donors (Lipinski definition) is 1. The molecule has 3 aromatic heterocycles. The normalized spacial score (nSPS) is 15.3. The van der Waals surface area contributed by atoms with Gasteiger partial charge in [0.05, 0.1) is 10.2 Å². The van der Waals surface area contributed by atoms with Crippen LogP contribution in [0.3, 0.4) is 0 Å². The molecule has 36 heavy (non-hydrogen) atoms. The lowest BCUT2D eigenvalue weighted by molar-refractivity contribution is -0.189. The van der Waals surface area contributed by atoms with E-state index in [-0.39, 0.29) is 5.75 Å². The molecular formula is C24H22F3N5O2S2. The van der Waals surface area contributed by atoms with Crippen LogP contribution in [0.5, 0.6) is 5.75 Å². The summed E-state index contributed by atoms with van der Waals surface area (Å²) in [5.74, 6) is -1.97. The van der Waals surface area contributed by atoms with Gasteiger partial charge in [-0.25, -0.2) is 14.8 Å². The quantitative estimate of drug-likeness (QED) is 0.264. The molecule has 1 saturated heterocycles. The first-order chi connectivity index (χ1) is 17.2. The van der Waals surface area contributed by atoms with Crippen molar-refractivity contribution in [3.05, 3.63) is 53.7 Å². The van der Waals surface area contributed by atoms with E-state index in [0.717, 1.165) is 52.7 Å². The Bertz CT molecular complexity index is 1380. The molecule has 5 rings (SSSR count). The molecule has 4 aromatic rings. The zero-order valence-electron chi connectivity index (χ0n) is 19.2. The van der Waals surface area contributed by atoms with E-state index in [1.807, 2.05) is 6.07 Å². The topological polar surface area (TPSA) is 70.6 Å². The third-order valence-electron chi connectivity index (χ3n) is 5.73. The molecule has 12 heteroatoms. The van der Waals surface area contributed by atoms with Crippen molar-refractivity contribution < 1.29 is 22.7 Å². The molecule has 0 unspecified atom stereocenters. The van der Waals surface area contributed by atoms with Crippen molar-refractivity contribution in [2.45, 2.75) is 12.7 Å². The second kappa shape index (κ2) is 10.1. The van der Waals surface area contributed by atoms with Crippen LogP contribution < -0.4 is 10.1 Å². The molecular weight excluding hydrogens is 511 g/mol. The average Bonchev–Trinajstić information content (AvgIpc) is 3.48. The Morgan fingerprint density at radius 1 is 1.06 bits per heavy atom. The molecule has 4 heterocycles. The minimum Gasteiger partial charge on any atom is -0.420 e. The van der Waals surface area contributed by atoms with E-state index in [2.05, 4.69) is 49.0 Å². The van der Waals surface area contributed by atoms with Gasteiger partial charge in [0.15, 0.2) is 5.82 Å². The van der Waals surface area contributed by atoms with Gasteiger partial charge < -0.3 is 15.0 Å². The van der Waals surface area contributed by atoms with Crippen LogP contribution in [0.2, 0.25) is 0 Å². The van der Waals surface area contributed by atoms with Crippen LogP contribution in [-0.2, 0) is 11.3 Å². The minimum absolute atomic E-state index is 0.217.